The third kappa shape index (κ3) is 2.52. The summed E-state index contributed by atoms with van der Waals surface area (Å²) in [5, 5.41) is 0. The number of benzene rings is 1. The number of hydrogen-bond acceptors (Lipinski definition) is 0. The Hall–Kier alpha value is -1.57. The monoisotopic (exact) mass is 268 g/mol. The van der Waals surface area contributed by atoms with Gasteiger partial charge in [0, 0.05) is 12.4 Å². The molecule has 0 unspecified atom stereocenters. The second kappa shape index (κ2) is 5.43. The van der Waals surface area contributed by atoms with Gasteiger partial charge in [0.1, 0.15) is 0 Å². The summed E-state index contributed by atoms with van der Waals surface area (Å²) < 4.78 is 4.45. The number of nitrogens with zero attached hydrogens (tertiary/aromatic N) is 2. The zero-order chi connectivity index (χ0) is 14.1. The Bertz CT molecular complexity index is 581. The van der Waals surface area contributed by atoms with Crippen LogP contribution in [0.3, 0.4) is 0 Å². The number of imidazole rings is 1. The zero-order valence-corrected chi connectivity index (χ0v) is 12.8. The van der Waals surface area contributed by atoms with Crippen molar-refractivity contribution in [3.8, 4) is 5.69 Å². The summed E-state index contributed by atoms with van der Waals surface area (Å²) in [5.74, 6) is 0. The molecule has 0 saturated heterocycles. The molecule has 1 aromatic heterocycles. The van der Waals surface area contributed by atoms with E-state index in [0.29, 0.717) is 6.04 Å². The van der Waals surface area contributed by atoms with E-state index in [9.17, 15) is 0 Å². The van der Waals surface area contributed by atoms with Crippen LogP contribution in [0.1, 0.15) is 54.8 Å². The number of hydrogen-bond donors (Lipinski definition) is 0. The summed E-state index contributed by atoms with van der Waals surface area (Å²) in [6.07, 6.45) is 14.6. The van der Waals surface area contributed by atoms with Gasteiger partial charge in [0.25, 0.3) is 0 Å². The van der Waals surface area contributed by atoms with Gasteiger partial charge in [-0.3, -0.25) is 0 Å². The highest BCUT2D eigenvalue weighted by Gasteiger charge is 2.17. The van der Waals surface area contributed by atoms with Gasteiger partial charge in [0.05, 0.1) is 11.7 Å². The molecule has 0 N–H and O–H groups in total. The van der Waals surface area contributed by atoms with E-state index in [2.05, 4.69) is 60.8 Å². The molecule has 2 heteroatoms. The van der Waals surface area contributed by atoms with Crippen LogP contribution in [-0.2, 0) is 0 Å². The summed E-state index contributed by atoms with van der Waals surface area (Å²) in [6.45, 7) is 6.54. The van der Waals surface area contributed by atoms with Gasteiger partial charge < -0.3 is 9.13 Å². The van der Waals surface area contributed by atoms with Gasteiger partial charge >= 0.3 is 0 Å². The van der Waals surface area contributed by atoms with Crippen LogP contribution in [-0.4, -0.2) is 4.57 Å². The van der Waals surface area contributed by atoms with Gasteiger partial charge in [-0.15, -0.1) is 0 Å². The minimum atomic E-state index is 0.649. The maximum absolute atomic E-state index is 3.53. The molecule has 1 aliphatic carbocycles. The van der Waals surface area contributed by atoms with E-state index in [0.717, 1.165) is 0 Å². The van der Waals surface area contributed by atoms with Gasteiger partial charge in [0.15, 0.2) is 0 Å². The average molecular weight is 268 g/mol. The molecule has 2 nitrogen and oxygen atoms in total. The van der Waals surface area contributed by atoms with E-state index in [1.165, 1.54) is 54.5 Å². The summed E-state index contributed by atoms with van der Waals surface area (Å²) in [6, 6.07) is 5.15. The van der Waals surface area contributed by atoms with E-state index < -0.39 is 0 Å². The van der Waals surface area contributed by atoms with Crippen molar-refractivity contribution in [1.29, 1.82) is 0 Å². The second-order valence-electron chi connectivity index (χ2n) is 6.21. The molecule has 106 valence electrons. The van der Waals surface area contributed by atoms with Crippen molar-refractivity contribution in [1.82, 2.24) is 4.57 Å². The molecule has 2 aromatic rings. The standard InChI is InChI=1S/C18H24N2/c1-14-11-15(2)18(16(3)12-14)20-10-9-19(13-20)17-7-5-4-6-8-17/h9-12,17H,4-8H2,1-3H3. The SMILES string of the molecule is Cc1cc(C)c(-n2[c-][n+](C3CCCCC3)cc2)c(C)c1. The predicted molar refractivity (Wildman–Crippen MR) is 81.1 cm³/mol. The first-order valence-electron chi connectivity index (χ1n) is 7.75. The van der Waals surface area contributed by atoms with Gasteiger partial charge in [-0.1, -0.05) is 24.1 Å². The topological polar surface area (TPSA) is 8.81 Å². The Kier molecular flexibility index (Phi) is 3.64. The first kappa shape index (κ1) is 13.4. The number of rotatable bonds is 2. The molecule has 0 bridgehead atoms. The van der Waals surface area contributed by atoms with Crippen LogP contribution in [0.15, 0.2) is 24.5 Å². The maximum Gasteiger partial charge on any atom is 0.243 e. The summed E-state index contributed by atoms with van der Waals surface area (Å²) in [4.78, 5) is 0. The molecular formula is C18H24N2. The Labute approximate surface area is 122 Å². The molecule has 1 aliphatic rings. The summed E-state index contributed by atoms with van der Waals surface area (Å²) in [7, 11) is 0. The van der Waals surface area contributed by atoms with E-state index in [-0.39, 0.29) is 0 Å². The van der Waals surface area contributed by atoms with Crippen LogP contribution < -0.4 is 4.57 Å². The Morgan fingerprint density at radius 2 is 1.70 bits per heavy atom. The summed E-state index contributed by atoms with van der Waals surface area (Å²) in [5.41, 5.74) is 5.26. The van der Waals surface area contributed by atoms with Gasteiger partial charge in [0.2, 0.25) is 6.33 Å². The Balaban J connectivity index is 1.94. The lowest BCUT2D eigenvalue weighted by molar-refractivity contribution is -0.728. The van der Waals surface area contributed by atoms with Crippen LogP contribution in [0, 0.1) is 27.1 Å². The Morgan fingerprint density at radius 3 is 2.35 bits per heavy atom. The second-order valence-corrected chi connectivity index (χ2v) is 6.21. The lowest BCUT2D eigenvalue weighted by Gasteiger charge is -2.20. The van der Waals surface area contributed by atoms with Crippen LogP contribution in [0.2, 0.25) is 0 Å². The largest absolute Gasteiger partial charge is 0.326 e. The highest BCUT2D eigenvalue weighted by Crippen LogP contribution is 2.24. The first-order valence-corrected chi connectivity index (χ1v) is 7.75. The quantitative estimate of drug-likeness (QED) is 0.575. The fourth-order valence-electron chi connectivity index (χ4n) is 3.57. The fourth-order valence-corrected chi connectivity index (χ4v) is 3.57. The molecule has 0 spiro atoms. The molecule has 1 heterocycles. The smallest absolute Gasteiger partial charge is 0.243 e. The van der Waals surface area contributed by atoms with Crippen molar-refractivity contribution >= 4 is 0 Å². The third-order valence-corrected chi connectivity index (χ3v) is 4.44. The van der Waals surface area contributed by atoms with Gasteiger partial charge in [-0.05, 0) is 57.6 Å². The van der Waals surface area contributed by atoms with Crippen LogP contribution in [0.25, 0.3) is 5.69 Å². The van der Waals surface area contributed by atoms with Crippen molar-refractivity contribution in [2.24, 2.45) is 0 Å². The van der Waals surface area contributed by atoms with Crippen LogP contribution in [0.5, 0.6) is 0 Å². The lowest BCUT2D eigenvalue weighted by Crippen LogP contribution is -2.39. The highest BCUT2D eigenvalue weighted by atomic mass is 15.1. The minimum absolute atomic E-state index is 0.649. The molecule has 20 heavy (non-hydrogen) atoms. The lowest BCUT2D eigenvalue weighted by atomic mass is 9.95. The average Bonchev–Trinajstić information content (AvgIpc) is 2.88. The molecule has 1 saturated carbocycles. The predicted octanol–water partition coefficient (Wildman–Crippen LogP) is 4.00. The van der Waals surface area contributed by atoms with E-state index in [1.54, 1.807) is 0 Å². The molecule has 0 radical (unpaired) electrons. The van der Waals surface area contributed by atoms with E-state index >= 15 is 0 Å². The molecule has 3 rings (SSSR count). The molecule has 0 aliphatic heterocycles. The number of aryl methyl sites for hydroxylation is 3. The maximum atomic E-state index is 3.53. The Morgan fingerprint density at radius 1 is 1.05 bits per heavy atom. The van der Waals surface area contributed by atoms with Crippen LogP contribution in [0.4, 0.5) is 0 Å². The van der Waals surface area contributed by atoms with Gasteiger partial charge in [-0.25, -0.2) is 0 Å². The minimum Gasteiger partial charge on any atom is -0.326 e. The van der Waals surface area contributed by atoms with E-state index in [1.807, 2.05) is 0 Å². The fraction of sp³-hybridized carbons (Fsp3) is 0.500. The van der Waals surface area contributed by atoms with Crippen molar-refractivity contribution in [2.75, 3.05) is 0 Å². The molecular weight excluding hydrogens is 244 g/mol. The zero-order valence-electron chi connectivity index (χ0n) is 12.8. The van der Waals surface area contributed by atoms with Crippen molar-refractivity contribution in [3.63, 3.8) is 0 Å². The highest BCUT2D eigenvalue weighted by molar-refractivity contribution is 5.48. The first-order chi connectivity index (χ1) is 9.65. The van der Waals surface area contributed by atoms with E-state index in [4.69, 9.17) is 0 Å². The van der Waals surface area contributed by atoms with Gasteiger partial charge in [-0.2, -0.15) is 0 Å². The van der Waals surface area contributed by atoms with Crippen molar-refractivity contribution in [3.05, 3.63) is 47.5 Å². The van der Waals surface area contributed by atoms with Crippen molar-refractivity contribution < 1.29 is 4.57 Å². The molecule has 0 amide bonds. The number of aromatic nitrogens is 2. The molecule has 1 aromatic carbocycles. The molecule has 1 fully saturated rings. The van der Waals surface area contributed by atoms with Crippen LogP contribution >= 0.6 is 0 Å². The molecule has 0 atom stereocenters. The third-order valence-electron chi connectivity index (χ3n) is 4.44. The van der Waals surface area contributed by atoms with Crippen molar-refractivity contribution in [2.45, 2.75) is 58.9 Å². The normalized spacial score (nSPS) is 16.6. The summed E-state index contributed by atoms with van der Waals surface area (Å²) >= 11 is 0.